The van der Waals surface area contributed by atoms with E-state index in [-0.39, 0.29) is 17.1 Å². The Bertz CT molecular complexity index is 643. The third-order valence-corrected chi connectivity index (χ3v) is 2.70. The summed E-state index contributed by atoms with van der Waals surface area (Å²) in [6, 6.07) is 7.68. The highest BCUT2D eigenvalue weighted by atomic mass is 35.5. The van der Waals surface area contributed by atoms with E-state index in [1.54, 1.807) is 18.3 Å². The topological polar surface area (TPSA) is 76.5 Å². The van der Waals surface area contributed by atoms with Crippen LogP contribution in [0, 0.1) is 0 Å². The van der Waals surface area contributed by atoms with E-state index >= 15 is 0 Å². The SMILES string of the molecule is O=C(O)COc1ccc(Cl)cc1C(=O)c1cccnc1. The number of carboxylic acids is 1. The number of hydrogen-bond acceptors (Lipinski definition) is 4. The van der Waals surface area contributed by atoms with Crippen LogP contribution in [0.4, 0.5) is 0 Å². The van der Waals surface area contributed by atoms with Crippen LogP contribution in [0.15, 0.2) is 42.7 Å². The van der Waals surface area contributed by atoms with E-state index in [1.807, 2.05) is 0 Å². The Morgan fingerprint density at radius 1 is 1.30 bits per heavy atom. The van der Waals surface area contributed by atoms with Gasteiger partial charge in [0.25, 0.3) is 0 Å². The number of rotatable bonds is 5. The van der Waals surface area contributed by atoms with Gasteiger partial charge in [0.2, 0.25) is 0 Å². The predicted molar refractivity (Wildman–Crippen MR) is 72.3 cm³/mol. The van der Waals surface area contributed by atoms with E-state index in [2.05, 4.69) is 4.98 Å². The van der Waals surface area contributed by atoms with Gasteiger partial charge in [-0.15, -0.1) is 0 Å². The fraction of sp³-hybridized carbons (Fsp3) is 0.0714. The molecule has 2 aromatic rings. The number of aliphatic carboxylic acids is 1. The van der Waals surface area contributed by atoms with Gasteiger partial charge in [0.15, 0.2) is 12.4 Å². The van der Waals surface area contributed by atoms with E-state index in [0.29, 0.717) is 10.6 Å². The number of ketones is 1. The molecule has 6 heteroatoms. The summed E-state index contributed by atoms with van der Waals surface area (Å²) in [5, 5.41) is 8.99. The maximum absolute atomic E-state index is 12.3. The summed E-state index contributed by atoms with van der Waals surface area (Å²) in [4.78, 5) is 26.8. The van der Waals surface area contributed by atoms with Crippen molar-refractivity contribution in [3.8, 4) is 5.75 Å². The van der Waals surface area contributed by atoms with Crippen molar-refractivity contribution in [1.82, 2.24) is 4.98 Å². The molecule has 0 fully saturated rings. The Morgan fingerprint density at radius 2 is 2.10 bits per heavy atom. The molecule has 1 heterocycles. The second-order valence-electron chi connectivity index (χ2n) is 3.89. The molecule has 0 amide bonds. The van der Waals surface area contributed by atoms with Crippen molar-refractivity contribution >= 4 is 23.4 Å². The summed E-state index contributed by atoms with van der Waals surface area (Å²) >= 11 is 5.87. The molecule has 0 spiro atoms. The van der Waals surface area contributed by atoms with Crippen LogP contribution in [0.3, 0.4) is 0 Å². The molecule has 0 radical (unpaired) electrons. The third-order valence-electron chi connectivity index (χ3n) is 2.46. The largest absolute Gasteiger partial charge is 0.481 e. The number of hydrogen-bond donors (Lipinski definition) is 1. The number of ether oxygens (including phenoxy) is 1. The molecular weight excluding hydrogens is 282 g/mol. The molecule has 0 aliphatic rings. The Kier molecular flexibility index (Phi) is 4.32. The monoisotopic (exact) mass is 291 g/mol. The summed E-state index contributed by atoms with van der Waals surface area (Å²) in [6.07, 6.45) is 2.97. The van der Waals surface area contributed by atoms with Gasteiger partial charge in [-0.2, -0.15) is 0 Å². The summed E-state index contributed by atoms with van der Waals surface area (Å²) in [5.74, 6) is -1.29. The van der Waals surface area contributed by atoms with Crippen LogP contribution in [0.2, 0.25) is 5.02 Å². The summed E-state index contributed by atoms with van der Waals surface area (Å²) in [7, 11) is 0. The molecule has 0 unspecified atom stereocenters. The zero-order valence-corrected chi connectivity index (χ0v) is 11.0. The quantitative estimate of drug-likeness (QED) is 0.856. The van der Waals surface area contributed by atoms with Crippen molar-refractivity contribution in [3.63, 3.8) is 0 Å². The van der Waals surface area contributed by atoms with Gasteiger partial charge < -0.3 is 9.84 Å². The predicted octanol–water partition coefficient (Wildman–Crippen LogP) is 2.43. The number of aromatic nitrogens is 1. The van der Waals surface area contributed by atoms with E-state index < -0.39 is 12.6 Å². The molecule has 0 saturated carbocycles. The van der Waals surface area contributed by atoms with Crippen LogP contribution >= 0.6 is 11.6 Å². The molecule has 2 rings (SSSR count). The lowest BCUT2D eigenvalue weighted by atomic mass is 10.0. The molecule has 5 nitrogen and oxygen atoms in total. The average Bonchev–Trinajstić information content (AvgIpc) is 2.46. The molecule has 0 saturated heterocycles. The van der Waals surface area contributed by atoms with Crippen LogP contribution in [-0.4, -0.2) is 28.4 Å². The summed E-state index contributed by atoms with van der Waals surface area (Å²) in [6.45, 7) is -0.533. The zero-order valence-electron chi connectivity index (χ0n) is 10.2. The maximum atomic E-state index is 12.3. The first-order chi connectivity index (χ1) is 9.58. The molecule has 0 aliphatic carbocycles. The van der Waals surface area contributed by atoms with Crippen LogP contribution in [0.5, 0.6) is 5.75 Å². The standard InChI is InChI=1S/C14H10ClNO4/c15-10-3-4-12(20-8-13(17)18)11(6-10)14(19)9-2-1-5-16-7-9/h1-7H,8H2,(H,17,18). The number of carbonyl (C=O) groups is 2. The van der Waals surface area contributed by atoms with E-state index in [0.717, 1.165) is 0 Å². The van der Waals surface area contributed by atoms with E-state index in [4.69, 9.17) is 21.4 Å². The molecular formula is C14H10ClNO4. The van der Waals surface area contributed by atoms with Gasteiger partial charge in [0, 0.05) is 23.0 Å². The van der Waals surface area contributed by atoms with Crippen molar-refractivity contribution in [1.29, 1.82) is 0 Å². The van der Waals surface area contributed by atoms with Crippen molar-refractivity contribution in [3.05, 3.63) is 58.9 Å². The lowest BCUT2D eigenvalue weighted by molar-refractivity contribution is -0.139. The fourth-order valence-corrected chi connectivity index (χ4v) is 1.77. The van der Waals surface area contributed by atoms with Crippen LogP contribution < -0.4 is 4.74 Å². The highest BCUT2D eigenvalue weighted by Crippen LogP contribution is 2.25. The van der Waals surface area contributed by atoms with Crippen molar-refractivity contribution in [2.75, 3.05) is 6.61 Å². The van der Waals surface area contributed by atoms with E-state index in [9.17, 15) is 9.59 Å². The molecule has 0 bridgehead atoms. The molecule has 102 valence electrons. The first-order valence-corrected chi connectivity index (χ1v) is 6.04. The molecule has 1 aromatic heterocycles. The van der Waals surface area contributed by atoms with Gasteiger partial charge >= 0.3 is 5.97 Å². The second-order valence-corrected chi connectivity index (χ2v) is 4.33. The fourth-order valence-electron chi connectivity index (χ4n) is 1.60. The van der Waals surface area contributed by atoms with Gasteiger partial charge in [0.1, 0.15) is 5.75 Å². The highest BCUT2D eigenvalue weighted by molar-refractivity contribution is 6.31. The normalized spacial score (nSPS) is 10.1. The zero-order chi connectivity index (χ0) is 14.5. The second kappa shape index (κ2) is 6.16. The average molecular weight is 292 g/mol. The minimum Gasteiger partial charge on any atom is -0.481 e. The minimum atomic E-state index is -1.13. The van der Waals surface area contributed by atoms with Gasteiger partial charge in [0.05, 0.1) is 5.56 Å². The Morgan fingerprint density at radius 3 is 2.75 bits per heavy atom. The molecule has 1 N–H and O–H groups in total. The summed E-state index contributed by atoms with van der Waals surface area (Å²) in [5.41, 5.74) is 0.571. The minimum absolute atomic E-state index is 0.172. The first kappa shape index (κ1) is 14.0. The smallest absolute Gasteiger partial charge is 0.341 e. The molecule has 1 aromatic carbocycles. The molecule has 0 atom stereocenters. The van der Waals surface area contributed by atoms with Crippen LogP contribution in [-0.2, 0) is 4.79 Å². The van der Waals surface area contributed by atoms with E-state index in [1.165, 1.54) is 24.4 Å². The summed E-state index contributed by atoms with van der Waals surface area (Å²) < 4.78 is 5.10. The number of benzene rings is 1. The maximum Gasteiger partial charge on any atom is 0.341 e. The van der Waals surface area contributed by atoms with Gasteiger partial charge in [-0.05, 0) is 30.3 Å². The Hall–Kier alpha value is -2.40. The number of halogens is 1. The highest BCUT2D eigenvalue weighted by Gasteiger charge is 2.16. The van der Waals surface area contributed by atoms with Gasteiger partial charge in [-0.1, -0.05) is 11.6 Å². The van der Waals surface area contributed by atoms with Crippen molar-refractivity contribution in [2.24, 2.45) is 0 Å². The van der Waals surface area contributed by atoms with Crippen LogP contribution in [0.25, 0.3) is 0 Å². The lowest BCUT2D eigenvalue weighted by Gasteiger charge is -2.09. The number of carboxylic acid groups (broad SMARTS) is 1. The van der Waals surface area contributed by atoms with Gasteiger partial charge in [-0.3, -0.25) is 9.78 Å². The lowest BCUT2D eigenvalue weighted by Crippen LogP contribution is -2.12. The Labute approximate surface area is 119 Å². The Balaban J connectivity index is 2.36. The van der Waals surface area contributed by atoms with Crippen molar-refractivity contribution < 1.29 is 19.4 Å². The molecule has 20 heavy (non-hydrogen) atoms. The van der Waals surface area contributed by atoms with Gasteiger partial charge in [-0.25, -0.2) is 4.79 Å². The van der Waals surface area contributed by atoms with Crippen molar-refractivity contribution in [2.45, 2.75) is 0 Å². The molecule has 0 aliphatic heterocycles. The number of pyridine rings is 1. The van der Waals surface area contributed by atoms with Crippen LogP contribution in [0.1, 0.15) is 15.9 Å². The first-order valence-electron chi connectivity index (χ1n) is 5.67. The number of carbonyl (C=O) groups excluding carboxylic acids is 1. The number of nitrogens with zero attached hydrogens (tertiary/aromatic N) is 1. The third kappa shape index (κ3) is 3.33.